The van der Waals surface area contributed by atoms with Gasteiger partial charge in [0.15, 0.2) is 0 Å². The van der Waals surface area contributed by atoms with Crippen LogP contribution in [0.15, 0.2) is 0 Å². The van der Waals surface area contributed by atoms with Gasteiger partial charge in [0.2, 0.25) is 0 Å². The molecule has 0 bridgehead atoms. The van der Waals surface area contributed by atoms with E-state index in [9.17, 15) is 9.90 Å². The highest BCUT2D eigenvalue weighted by Gasteiger charge is 2.48. The highest BCUT2D eigenvalue weighted by Crippen LogP contribution is 2.38. The zero-order valence-corrected chi connectivity index (χ0v) is 13.7. The number of likely N-dealkylation sites (tertiary alicyclic amines) is 1. The number of aliphatic carboxylic acids is 1. The summed E-state index contributed by atoms with van der Waals surface area (Å²) >= 11 is 0. The van der Waals surface area contributed by atoms with E-state index in [4.69, 9.17) is 0 Å². The van der Waals surface area contributed by atoms with Crippen LogP contribution >= 0.6 is 0 Å². The molecule has 1 heterocycles. The Labute approximate surface area is 129 Å². The molecule has 0 spiro atoms. The molecule has 2 fully saturated rings. The summed E-state index contributed by atoms with van der Waals surface area (Å²) in [6.45, 7) is 8.51. The van der Waals surface area contributed by atoms with Gasteiger partial charge in [-0.1, -0.05) is 26.7 Å². The third-order valence-electron chi connectivity index (χ3n) is 5.77. The van der Waals surface area contributed by atoms with Crippen LogP contribution in [0.25, 0.3) is 0 Å². The summed E-state index contributed by atoms with van der Waals surface area (Å²) in [5, 5.41) is 13.0. The first-order valence-corrected chi connectivity index (χ1v) is 8.83. The van der Waals surface area contributed by atoms with Crippen molar-refractivity contribution in [3.63, 3.8) is 0 Å². The molecule has 1 aliphatic heterocycles. The van der Waals surface area contributed by atoms with Gasteiger partial charge in [0.1, 0.15) is 5.54 Å². The maximum atomic E-state index is 11.8. The summed E-state index contributed by atoms with van der Waals surface area (Å²) < 4.78 is 0. The Morgan fingerprint density at radius 3 is 2.57 bits per heavy atom. The number of nitrogens with zero attached hydrogens (tertiary/aromatic N) is 1. The largest absolute Gasteiger partial charge is 0.480 e. The van der Waals surface area contributed by atoms with Crippen molar-refractivity contribution in [2.75, 3.05) is 26.2 Å². The molecule has 2 N–H and O–H groups in total. The summed E-state index contributed by atoms with van der Waals surface area (Å²) in [6, 6.07) is 0. The van der Waals surface area contributed by atoms with E-state index in [1.165, 1.54) is 32.4 Å². The monoisotopic (exact) mass is 296 g/mol. The molecular weight excluding hydrogens is 264 g/mol. The summed E-state index contributed by atoms with van der Waals surface area (Å²) in [5.74, 6) is 0.558. The summed E-state index contributed by atoms with van der Waals surface area (Å²) in [5.41, 5.74) is -0.656. The van der Waals surface area contributed by atoms with Crippen molar-refractivity contribution >= 4 is 5.97 Å². The van der Waals surface area contributed by atoms with Gasteiger partial charge < -0.3 is 15.3 Å². The highest BCUT2D eigenvalue weighted by molar-refractivity contribution is 5.79. The lowest BCUT2D eigenvalue weighted by Gasteiger charge is -2.35. The smallest absolute Gasteiger partial charge is 0.324 e. The Kier molecular flexibility index (Phi) is 6.06. The lowest BCUT2D eigenvalue weighted by Crippen LogP contribution is -2.55. The molecular formula is C17H32N2O2. The molecule has 0 aromatic rings. The van der Waals surface area contributed by atoms with Gasteiger partial charge in [-0.25, -0.2) is 0 Å². The maximum Gasteiger partial charge on any atom is 0.324 e. The molecule has 2 atom stereocenters. The lowest BCUT2D eigenvalue weighted by atomic mass is 9.84. The minimum absolute atomic E-state index is 0.291. The molecule has 122 valence electrons. The predicted octanol–water partition coefficient (Wildman–Crippen LogP) is 2.73. The van der Waals surface area contributed by atoms with Crippen LogP contribution in [0.5, 0.6) is 0 Å². The Morgan fingerprint density at radius 1 is 1.29 bits per heavy atom. The van der Waals surface area contributed by atoms with Gasteiger partial charge in [0, 0.05) is 0 Å². The number of carbonyl (C=O) groups is 1. The van der Waals surface area contributed by atoms with Crippen LogP contribution in [-0.2, 0) is 4.79 Å². The second-order valence-electron chi connectivity index (χ2n) is 6.88. The molecule has 21 heavy (non-hydrogen) atoms. The number of carboxylic acid groups (broad SMARTS) is 1. The van der Waals surface area contributed by atoms with Crippen molar-refractivity contribution in [2.24, 2.45) is 11.8 Å². The minimum Gasteiger partial charge on any atom is -0.480 e. The first-order chi connectivity index (χ1) is 10.1. The molecule has 0 radical (unpaired) electrons. The van der Waals surface area contributed by atoms with Gasteiger partial charge in [-0.3, -0.25) is 4.79 Å². The fraction of sp³-hybridized carbons (Fsp3) is 0.941. The molecule has 1 aliphatic carbocycles. The highest BCUT2D eigenvalue weighted by atomic mass is 16.4. The number of piperidine rings is 1. The van der Waals surface area contributed by atoms with E-state index in [0.29, 0.717) is 5.92 Å². The Bertz CT molecular complexity index is 340. The SMILES string of the molecule is CCNC1(C(=O)O)CCCC1CCN1CCC(CC)CC1. The quantitative estimate of drug-likeness (QED) is 0.758. The van der Waals surface area contributed by atoms with Crippen LogP contribution in [-0.4, -0.2) is 47.7 Å². The first kappa shape index (κ1) is 16.8. The number of likely N-dealkylation sites (N-methyl/N-ethyl adjacent to an activating group) is 1. The third kappa shape index (κ3) is 3.78. The van der Waals surface area contributed by atoms with Crippen LogP contribution in [0.1, 0.15) is 58.8 Å². The molecule has 1 saturated carbocycles. The van der Waals surface area contributed by atoms with Crippen molar-refractivity contribution in [2.45, 2.75) is 64.3 Å². The van der Waals surface area contributed by atoms with E-state index in [2.05, 4.69) is 17.1 Å². The molecule has 1 saturated heterocycles. The number of hydrogen-bond donors (Lipinski definition) is 2. The molecule has 0 amide bonds. The van der Waals surface area contributed by atoms with Gasteiger partial charge in [-0.15, -0.1) is 0 Å². The van der Waals surface area contributed by atoms with Crippen molar-refractivity contribution < 1.29 is 9.90 Å². The van der Waals surface area contributed by atoms with Crippen molar-refractivity contribution in [3.8, 4) is 0 Å². The average Bonchev–Trinajstić information content (AvgIpc) is 2.90. The van der Waals surface area contributed by atoms with Crippen LogP contribution < -0.4 is 5.32 Å². The van der Waals surface area contributed by atoms with Crippen LogP contribution in [0.4, 0.5) is 0 Å². The number of rotatable bonds is 7. The zero-order valence-electron chi connectivity index (χ0n) is 13.7. The fourth-order valence-corrected chi connectivity index (χ4v) is 4.33. The van der Waals surface area contributed by atoms with E-state index in [-0.39, 0.29) is 0 Å². The van der Waals surface area contributed by atoms with Gasteiger partial charge >= 0.3 is 5.97 Å². The number of carboxylic acids is 1. The van der Waals surface area contributed by atoms with E-state index in [1.807, 2.05) is 6.92 Å². The maximum absolute atomic E-state index is 11.8. The van der Waals surface area contributed by atoms with Crippen molar-refractivity contribution in [1.29, 1.82) is 0 Å². The standard InChI is InChI=1S/C17H32N2O2/c1-3-14-7-11-19(12-8-14)13-9-15-6-5-10-17(15,16(20)21)18-4-2/h14-15,18H,3-13H2,1-2H3,(H,20,21). The van der Waals surface area contributed by atoms with Gasteiger partial charge in [-0.2, -0.15) is 0 Å². The van der Waals surface area contributed by atoms with E-state index < -0.39 is 11.5 Å². The predicted molar refractivity (Wildman–Crippen MR) is 85.5 cm³/mol. The lowest BCUT2D eigenvalue weighted by molar-refractivity contribution is -0.146. The number of nitrogens with one attached hydrogen (secondary N) is 1. The second-order valence-corrected chi connectivity index (χ2v) is 6.88. The summed E-state index contributed by atoms with van der Waals surface area (Å²) in [7, 11) is 0. The summed E-state index contributed by atoms with van der Waals surface area (Å²) in [6.07, 6.45) is 7.86. The van der Waals surface area contributed by atoms with E-state index >= 15 is 0 Å². The normalized spacial score (nSPS) is 31.6. The van der Waals surface area contributed by atoms with Crippen molar-refractivity contribution in [3.05, 3.63) is 0 Å². The van der Waals surface area contributed by atoms with Crippen LogP contribution in [0, 0.1) is 11.8 Å². The Morgan fingerprint density at radius 2 is 2.00 bits per heavy atom. The third-order valence-corrected chi connectivity index (χ3v) is 5.77. The topological polar surface area (TPSA) is 52.6 Å². The molecule has 0 aromatic carbocycles. The fourth-order valence-electron chi connectivity index (χ4n) is 4.33. The van der Waals surface area contributed by atoms with Crippen LogP contribution in [0.3, 0.4) is 0 Å². The molecule has 2 aliphatic rings. The van der Waals surface area contributed by atoms with Gasteiger partial charge in [0.05, 0.1) is 0 Å². The van der Waals surface area contributed by atoms with Gasteiger partial charge in [0.25, 0.3) is 0 Å². The zero-order chi connectivity index (χ0) is 15.3. The molecule has 4 heteroatoms. The van der Waals surface area contributed by atoms with E-state index in [1.54, 1.807) is 0 Å². The minimum atomic E-state index is -0.656. The second kappa shape index (κ2) is 7.59. The Hall–Kier alpha value is -0.610. The molecule has 4 nitrogen and oxygen atoms in total. The Balaban J connectivity index is 1.85. The summed E-state index contributed by atoms with van der Waals surface area (Å²) in [4.78, 5) is 14.3. The average molecular weight is 296 g/mol. The molecule has 2 unspecified atom stereocenters. The van der Waals surface area contributed by atoms with E-state index in [0.717, 1.165) is 44.7 Å². The van der Waals surface area contributed by atoms with Crippen LogP contribution in [0.2, 0.25) is 0 Å². The molecule has 2 rings (SSSR count). The van der Waals surface area contributed by atoms with Crippen molar-refractivity contribution in [1.82, 2.24) is 10.2 Å². The van der Waals surface area contributed by atoms with Gasteiger partial charge in [-0.05, 0) is 70.1 Å². The number of hydrogen-bond acceptors (Lipinski definition) is 3. The molecule has 0 aromatic heterocycles. The first-order valence-electron chi connectivity index (χ1n) is 8.83.